The minimum atomic E-state index is 0.0945. The summed E-state index contributed by atoms with van der Waals surface area (Å²) in [6.07, 6.45) is 2.13. The molecule has 0 amide bonds. The van der Waals surface area contributed by atoms with Crippen molar-refractivity contribution in [3.05, 3.63) is 17.5 Å². The number of likely N-dealkylation sites (N-methyl/N-ethyl adjacent to an activating group) is 1. The van der Waals surface area contributed by atoms with Gasteiger partial charge in [0.1, 0.15) is 0 Å². The Hall–Kier alpha value is -0.870. The predicted molar refractivity (Wildman–Crippen MR) is 85.9 cm³/mol. The molecule has 0 spiro atoms. The van der Waals surface area contributed by atoms with Gasteiger partial charge in [-0.1, -0.05) is 34.6 Å². The van der Waals surface area contributed by atoms with E-state index < -0.39 is 0 Å². The lowest BCUT2D eigenvalue weighted by atomic mass is 9.89. The molecule has 0 saturated carbocycles. The van der Waals surface area contributed by atoms with Gasteiger partial charge in [-0.25, -0.2) is 0 Å². The van der Waals surface area contributed by atoms with Crippen molar-refractivity contribution < 1.29 is 0 Å². The van der Waals surface area contributed by atoms with Crippen LogP contribution in [0.2, 0.25) is 0 Å². The Morgan fingerprint density at radius 3 is 2.35 bits per heavy atom. The molecule has 1 aromatic rings. The number of hydrogen-bond donors (Lipinski definition) is 1. The summed E-state index contributed by atoms with van der Waals surface area (Å²) in [7, 11) is 6.30. The highest BCUT2D eigenvalue weighted by Crippen LogP contribution is 2.24. The predicted octanol–water partition coefficient (Wildman–Crippen LogP) is 2.39. The molecule has 1 N–H and O–H groups in total. The fourth-order valence-corrected chi connectivity index (χ4v) is 2.67. The van der Waals surface area contributed by atoms with Crippen molar-refractivity contribution in [1.82, 2.24) is 20.0 Å². The van der Waals surface area contributed by atoms with Crippen molar-refractivity contribution >= 4 is 0 Å². The molecule has 0 fully saturated rings. The van der Waals surface area contributed by atoms with Crippen LogP contribution in [0.4, 0.5) is 0 Å². The molecule has 0 aliphatic heterocycles. The molecular formula is C16H32N4. The Morgan fingerprint density at radius 2 is 1.90 bits per heavy atom. The van der Waals surface area contributed by atoms with Crippen LogP contribution in [0.1, 0.15) is 45.9 Å². The first kappa shape index (κ1) is 17.2. The van der Waals surface area contributed by atoms with Gasteiger partial charge in [0.25, 0.3) is 0 Å². The van der Waals surface area contributed by atoms with Gasteiger partial charge in [-0.15, -0.1) is 0 Å². The molecule has 1 unspecified atom stereocenters. The van der Waals surface area contributed by atoms with Gasteiger partial charge in [0.05, 0.1) is 5.69 Å². The minimum absolute atomic E-state index is 0.0945. The summed E-state index contributed by atoms with van der Waals surface area (Å²) in [6, 6.07) is 0.560. The van der Waals surface area contributed by atoms with E-state index >= 15 is 0 Å². The van der Waals surface area contributed by atoms with Crippen molar-refractivity contribution in [3.63, 3.8) is 0 Å². The molecule has 0 aliphatic rings. The summed E-state index contributed by atoms with van der Waals surface area (Å²) >= 11 is 0. The van der Waals surface area contributed by atoms with E-state index in [1.807, 2.05) is 11.7 Å². The second-order valence-corrected chi connectivity index (χ2v) is 7.33. The average Bonchev–Trinajstić information content (AvgIpc) is 2.64. The topological polar surface area (TPSA) is 33.1 Å². The third-order valence-corrected chi connectivity index (χ3v) is 3.72. The highest BCUT2D eigenvalue weighted by molar-refractivity contribution is 5.23. The Bertz CT molecular complexity index is 405. The van der Waals surface area contributed by atoms with Gasteiger partial charge in [0.2, 0.25) is 0 Å². The lowest BCUT2D eigenvalue weighted by Crippen LogP contribution is -2.41. The fraction of sp³-hybridized carbons (Fsp3) is 0.812. The van der Waals surface area contributed by atoms with E-state index in [0.29, 0.717) is 12.0 Å². The molecule has 1 heterocycles. The number of nitrogens with one attached hydrogen (secondary N) is 1. The van der Waals surface area contributed by atoms with Crippen LogP contribution in [0.15, 0.2) is 6.20 Å². The lowest BCUT2D eigenvalue weighted by molar-refractivity contribution is 0.224. The van der Waals surface area contributed by atoms with Crippen LogP contribution < -0.4 is 5.32 Å². The molecule has 4 heteroatoms. The zero-order valence-electron chi connectivity index (χ0n) is 14.5. The molecule has 1 aromatic heterocycles. The summed E-state index contributed by atoms with van der Waals surface area (Å²) < 4.78 is 1.92. The van der Waals surface area contributed by atoms with Crippen molar-refractivity contribution in [3.8, 4) is 0 Å². The van der Waals surface area contributed by atoms with E-state index in [1.54, 1.807) is 0 Å². The van der Waals surface area contributed by atoms with Crippen molar-refractivity contribution in [2.75, 3.05) is 20.6 Å². The molecule has 0 radical (unpaired) electrons. The molecule has 20 heavy (non-hydrogen) atoms. The minimum Gasteiger partial charge on any atom is -0.311 e. The van der Waals surface area contributed by atoms with Gasteiger partial charge in [0, 0.05) is 43.4 Å². The van der Waals surface area contributed by atoms with E-state index in [9.17, 15) is 0 Å². The Morgan fingerprint density at radius 1 is 1.30 bits per heavy atom. The second kappa shape index (κ2) is 6.72. The first-order valence-corrected chi connectivity index (χ1v) is 7.53. The lowest BCUT2D eigenvalue weighted by Gasteiger charge is -2.28. The molecule has 1 atom stereocenters. The van der Waals surface area contributed by atoms with Crippen molar-refractivity contribution in [2.45, 2.75) is 52.6 Å². The van der Waals surface area contributed by atoms with E-state index in [0.717, 1.165) is 13.1 Å². The van der Waals surface area contributed by atoms with Crippen LogP contribution >= 0.6 is 0 Å². The maximum Gasteiger partial charge on any atom is 0.0722 e. The van der Waals surface area contributed by atoms with Gasteiger partial charge >= 0.3 is 0 Å². The molecule has 0 saturated heterocycles. The van der Waals surface area contributed by atoms with E-state index in [4.69, 9.17) is 0 Å². The number of nitrogens with zero attached hydrogens (tertiary/aromatic N) is 3. The van der Waals surface area contributed by atoms with Crippen molar-refractivity contribution in [1.29, 1.82) is 0 Å². The van der Waals surface area contributed by atoms with Crippen molar-refractivity contribution in [2.24, 2.45) is 13.0 Å². The highest BCUT2D eigenvalue weighted by Gasteiger charge is 2.22. The standard InChI is InChI=1S/C16H32N4/c1-12(2)14(19(6)7)10-17-9-13-11-20(8)18-15(13)16(3,4)5/h11-12,14,17H,9-10H2,1-8H3. The number of rotatable bonds is 6. The molecule has 1 rings (SSSR count). The summed E-state index contributed by atoms with van der Waals surface area (Å²) in [5.74, 6) is 0.647. The van der Waals surface area contributed by atoms with Crippen LogP contribution in [0.5, 0.6) is 0 Å². The normalized spacial score (nSPS) is 14.3. The summed E-state index contributed by atoms with van der Waals surface area (Å²) in [5, 5.41) is 8.21. The van der Waals surface area contributed by atoms with Crippen LogP contribution in [-0.2, 0) is 19.0 Å². The number of hydrogen-bond acceptors (Lipinski definition) is 3. The van der Waals surface area contributed by atoms with Crippen LogP contribution in [-0.4, -0.2) is 41.4 Å². The maximum atomic E-state index is 4.62. The average molecular weight is 280 g/mol. The zero-order valence-corrected chi connectivity index (χ0v) is 14.5. The van der Waals surface area contributed by atoms with E-state index in [-0.39, 0.29) is 5.41 Å². The summed E-state index contributed by atoms with van der Waals surface area (Å²) in [5.41, 5.74) is 2.59. The SMILES string of the molecule is CC(C)C(CNCc1cn(C)nc1C(C)(C)C)N(C)C. The summed E-state index contributed by atoms with van der Waals surface area (Å²) in [6.45, 7) is 13.1. The molecule has 0 aromatic carbocycles. The van der Waals surface area contributed by atoms with E-state index in [1.165, 1.54) is 11.3 Å². The van der Waals surface area contributed by atoms with E-state index in [2.05, 4.69) is 70.2 Å². The Kier molecular flexibility index (Phi) is 5.78. The Labute approximate surface area is 124 Å². The largest absolute Gasteiger partial charge is 0.311 e. The maximum absolute atomic E-state index is 4.62. The van der Waals surface area contributed by atoms with Crippen LogP contribution in [0, 0.1) is 5.92 Å². The third-order valence-electron chi connectivity index (χ3n) is 3.72. The van der Waals surface area contributed by atoms with Gasteiger partial charge in [-0.2, -0.15) is 5.10 Å². The van der Waals surface area contributed by atoms with Crippen LogP contribution in [0.25, 0.3) is 0 Å². The zero-order chi connectivity index (χ0) is 15.5. The molecule has 0 bridgehead atoms. The second-order valence-electron chi connectivity index (χ2n) is 7.33. The van der Waals surface area contributed by atoms with Crippen LogP contribution in [0.3, 0.4) is 0 Å². The smallest absolute Gasteiger partial charge is 0.0722 e. The molecule has 4 nitrogen and oxygen atoms in total. The number of aryl methyl sites for hydroxylation is 1. The quantitative estimate of drug-likeness (QED) is 0.868. The fourth-order valence-electron chi connectivity index (χ4n) is 2.67. The highest BCUT2D eigenvalue weighted by atomic mass is 15.3. The van der Waals surface area contributed by atoms with Gasteiger partial charge in [-0.3, -0.25) is 4.68 Å². The monoisotopic (exact) mass is 280 g/mol. The molecular weight excluding hydrogens is 248 g/mol. The molecule has 116 valence electrons. The third kappa shape index (κ3) is 4.60. The first-order valence-electron chi connectivity index (χ1n) is 7.53. The Balaban J connectivity index is 2.67. The number of aromatic nitrogens is 2. The summed E-state index contributed by atoms with van der Waals surface area (Å²) in [4.78, 5) is 2.30. The van der Waals surface area contributed by atoms with Gasteiger partial charge < -0.3 is 10.2 Å². The first-order chi connectivity index (χ1) is 9.12. The molecule has 0 aliphatic carbocycles. The van der Waals surface area contributed by atoms with Gasteiger partial charge in [0.15, 0.2) is 0 Å². The van der Waals surface area contributed by atoms with Gasteiger partial charge in [-0.05, 0) is 20.0 Å².